The Morgan fingerprint density at radius 2 is 1.96 bits per heavy atom. The van der Waals surface area contributed by atoms with E-state index in [9.17, 15) is 4.39 Å². The molecule has 0 fully saturated rings. The Hall–Kier alpha value is -3.13. The van der Waals surface area contributed by atoms with Crippen LogP contribution in [0.5, 0.6) is 0 Å². The van der Waals surface area contributed by atoms with Crippen LogP contribution in [0.25, 0.3) is 17.0 Å². The molecule has 1 atom stereocenters. The lowest BCUT2D eigenvalue weighted by Gasteiger charge is -2.09. The second-order valence-electron chi connectivity index (χ2n) is 6.55. The van der Waals surface area contributed by atoms with Crippen molar-refractivity contribution in [3.05, 3.63) is 65.2 Å². The minimum absolute atomic E-state index is 0.157. The minimum Gasteiger partial charge on any atom is -0.339 e. The number of hydrogen-bond acceptors (Lipinski definition) is 6. The van der Waals surface area contributed by atoms with Crippen molar-refractivity contribution in [3.8, 4) is 11.4 Å². The van der Waals surface area contributed by atoms with Crippen LogP contribution in [-0.4, -0.2) is 31.3 Å². The molecule has 4 rings (SSSR count). The third kappa shape index (κ3) is 3.31. The number of aryl methyl sites for hydroxylation is 2. The Labute approximate surface area is 155 Å². The zero-order chi connectivity index (χ0) is 19.0. The molecule has 0 aliphatic heterocycles. The van der Waals surface area contributed by atoms with Crippen LogP contribution < -0.4 is 5.73 Å². The molecule has 3 heterocycles. The van der Waals surface area contributed by atoms with Gasteiger partial charge in [0.25, 0.3) is 0 Å². The lowest BCUT2D eigenvalue weighted by Crippen LogP contribution is -2.15. The number of fused-ring (bicyclic) bond motifs is 1. The first-order chi connectivity index (χ1) is 13.0. The Bertz CT molecular complexity index is 1090. The van der Waals surface area contributed by atoms with E-state index in [1.807, 2.05) is 19.9 Å². The Morgan fingerprint density at radius 1 is 1.19 bits per heavy atom. The fourth-order valence-electron chi connectivity index (χ4n) is 3.12. The van der Waals surface area contributed by atoms with Gasteiger partial charge in [0.15, 0.2) is 5.65 Å². The molecule has 0 spiro atoms. The SMILES string of the molecule is Cc1cc(C)n2ncc(-c3noc(C(CN)Cc4ccc(F)cc4)n3)c2n1. The first kappa shape index (κ1) is 17.3. The quantitative estimate of drug-likeness (QED) is 0.583. The Balaban J connectivity index is 1.65. The van der Waals surface area contributed by atoms with Gasteiger partial charge in [-0.25, -0.2) is 13.9 Å². The maximum atomic E-state index is 13.1. The molecule has 3 aromatic heterocycles. The third-order valence-electron chi connectivity index (χ3n) is 4.49. The fourth-order valence-corrected chi connectivity index (χ4v) is 3.12. The smallest absolute Gasteiger partial charge is 0.231 e. The molecule has 138 valence electrons. The number of nitrogens with two attached hydrogens (primary N) is 1. The predicted octanol–water partition coefficient (Wildman–Crippen LogP) is 2.82. The second-order valence-corrected chi connectivity index (χ2v) is 6.55. The normalized spacial score (nSPS) is 12.6. The van der Waals surface area contributed by atoms with E-state index in [1.54, 1.807) is 22.8 Å². The van der Waals surface area contributed by atoms with E-state index in [0.717, 1.165) is 17.0 Å². The molecule has 4 aromatic rings. The van der Waals surface area contributed by atoms with Crippen molar-refractivity contribution >= 4 is 5.65 Å². The summed E-state index contributed by atoms with van der Waals surface area (Å²) in [6.45, 7) is 4.23. The lowest BCUT2D eigenvalue weighted by molar-refractivity contribution is 0.354. The van der Waals surface area contributed by atoms with Gasteiger partial charge in [-0.15, -0.1) is 0 Å². The summed E-state index contributed by atoms with van der Waals surface area (Å²) in [6.07, 6.45) is 2.27. The van der Waals surface area contributed by atoms with Gasteiger partial charge in [-0.1, -0.05) is 17.3 Å². The highest BCUT2D eigenvalue weighted by Gasteiger charge is 2.21. The number of halogens is 1. The first-order valence-electron chi connectivity index (χ1n) is 8.65. The van der Waals surface area contributed by atoms with Crippen molar-refractivity contribution in [2.24, 2.45) is 5.73 Å². The predicted molar refractivity (Wildman–Crippen MR) is 97.7 cm³/mol. The van der Waals surface area contributed by atoms with Gasteiger partial charge in [0, 0.05) is 17.9 Å². The number of aromatic nitrogens is 5. The molecule has 0 aliphatic rings. The first-order valence-corrected chi connectivity index (χ1v) is 8.65. The largest absolute Gasteiger partial charge is 0.339 e. The summed E-state index contributed by atoms with van der Waals surface area (Å²) in [7, 11) is 0. The topological polar surface area (TPSA) is 95.1 Å². The number of benzene rings is 1. The van der Waals surface area contributed by atoms with E-state index in [1.165, 1.54) is 12.1 Å². The standard InChI is InChI=1S/C19H19FN6O/c1-11-7-12(2)26-18(23-11)16(10-22-26)17-24-19(27-25-17)14(9-21)8-13-3-5-15(20)6-4-13/h3-7,10,14H,8-9,21H2,1-2H3. The fraction of sp³-hybridized carbons (Fsp3) is 0.263. The number of nitrogens with zero attached hydrogens (tertiary/aromatic N) is 5. The third-order valence-corrected chi connectivity index (χ3v) is 4.49. The van der Waals surface area contributed by atoms with E-state index in [-0.39, 0.29) is 11.7 Å². The molecule has 0 amide bonds. The van der Waals surface area contributed by atoms with Gasteiger partial charge in [-0.2, -0.15) is 10.1 Å². The van der Waals surface area contributed by atoms with Gasteiger partial charge in [-0.3, -0.25) is 0 Å². The van der Waals surface area contributed by atoms with Gasteiger partial charge in [0.2, 0.25) is 11.7 Å². The molecule has 0 saturated carbocycles. The van der Waals surface area contributed by atoms with Crippen molar-refractivity contribution in [1.29, 1.82) is 0 Å². The van der Waals surface area contributed by atoms with Crippen LogP contribution in [0.4, 0.5) is 4.39 Å². The molecule has 7 nitrogen and oxygen atoms in total. The van der Waals surface area contributed by atoms with Crippen LogP contribution in [-0.2, 0) is 6.42 Å². The maximum Gasteiger partial charge on any atom is 0.231 e. The average Bonchev–Trinajstić information content (AvgIpc) is 3.28. The second kappa shape index (κ2) is 6.88. The summed E-state index contributed by atoms with van der Waals surface area (Å²) in [5.74, 6) is 0.444. The zero-order valence-corrected chi connectivity index (χ0v) is 15.1. The molecule has 27 heavy (non-hydrogen) atoms. The van der Waals surface area contributed by atoms with E-state index >= 15 is 0 Å². The van der Waals surface area contributed by atoms with E-state index < -0.39 is 0 Å². The monoisotopic (exact) mass is 366 g/mol. The molecule has 1 unspecified atom stereocenters. The molecule has 1 aromatic carbocycles. The van der Waals surface area contributed by atoms with Gasteiger partial charge < -0.3 is 10.3 Å². The summed E-state index contributed by atoms with van der Waals surface area (Å²) in [4.78, 5) is 9.06. The van der Waals surface area contributed by atoms with Crippen LogP contribution in [0.15, 0.2) is 41.1 Å². The maximum absolute atomic E-state index is 13.1. The van der Waals surface area contributed by atoms with Crippen molar-refractivity contribution < 1.29 is 8.91 Å². The van der Waals surface area contributed by atoms with Gasteiger partial charge in [0.05, 0.1) is 17.7 Å². The average molecular weight is 366 g/mol. The molecule has 0 saturated heterocycles. The number of rotatable bonds is 5. The summed E-state index contributed by atoms with van der Waals surface area (Å²) in [5, 5.41) is 8.46. The number of hydrogen-bond donors (Lipinski definition) is 1. The Morgan fingerprint density at radius 3 is 2.70 bits per heavy atom. The van der Waals surface area contributed by atoms with Crippen molar-refractivity contribution in [3.63, 3.8) is 0 Å². The van der Waals surface area contributed by atoms with Crippen LogP contribution >= 0.6 is 0 Å². The van der Waals surface area contributed by atoms with E-state index in [2.05, 4.69) is 20.2 Å². The van der Waals surface area contributed by atoms with Crippen LogP contribution in [0.1, 0.15) is 28.8 Å². The summed E-state index contributed by atoms with van der Waals surface area (Å²) in [6, 6.07) is 8.28. The van der Waals surface area contributed by atoms with Crippen LogP contribution in [0.2, 0.25) is 0 Å². The molecule has 8 heteroatoms. The summed E-state index contributed by atoms with van der Waals surface area (Å²) in [5.41, 5.74) is 10.1. The molecule has 0 bridgehead atoms. The van der Waals surface area contributed by atoms with Crippen molar-refractivity contribution in [1.82, 2.24) is 24.7 Å². The van der Waals surface area contributed by atoms with Gasteiger partial charge in [-0.05, 0) is 44.0 Å². The highest BCUT2D eigenvalue weighted by atomic mass is 19.1. The van der Waals surface area contributed by atoms with E-state index in [4.69, 9.17) is 10.3 Å². The van der Waals surface area contributed by atoms with E-state index in [0.29, 0.717) is 35.9 Å². The highest BCUT2D eigenvalue weighted by Crippen LogP contribution is 2.25. The minimum atomic E-state index is -0.269. The van der Waals surface area contributed by atoms with Gasteiger partial charge in [0.1, 0.15) is 5.82 Å². The van der Waals surface area contributed by atoms with Crippen molar-refractivity contribution in [2.45, 2.75) is 26.2 Å². The molecular formula is C19H19FN6O. The van der Waals surface area contributed by atoms with Gasteiger partial charge >= 0.3 is 0 Å². The molecular weight excluding hydrogens is 347 g/mol. The van der Waals surface area contributed by atoms with Crippen LogP contribution in [0.3, 0.4) is 0 Å². The molecule has 0 aliphatic carbocycles. The zero-order valence-electron chi connectivity index (χ0n) is 15.1. The van der Waals surface area contributed by atoms with Crippen LogP contribution in [0, 0.1) is 19.7 Å². The van der Waals surface area contributed by atoms with Crippen molar-refractivity contribution in [2.75, 3.05) is 6.54 Å². The lowest BCUT2D eigenvalue weighted by atomic mass is 9.99. The summed E-state index contributed by atoms with van der Waals surface area (Å²) >= 11 is 0. The molecule has 0 radical (unpaired) electrons. The Kier molecular flexibility index (Phi) is 4.41. The molecule has 2 N–H and O–H groups in total. The highest BCUT2D eigenvalue weighted by molar-refractivity contribution is 5.72. The summed E-state index contributed by atoms with van der Waals surface area (Å²) < 4.78 is 20.3.